The number of nitro groups is 1. The van der Waals surface area contributed by atoms with Gasteiger partial charge in [0.1, 0.15) is 5.71 Å². The van der Waals surface area contributed by atoms with E-state index in [1.165, 1.54) is 24.3 Å². The van der Waals surface area contributed by atoms with Crippen LogP contribution in [0.1, 0.15) is 12.0 Å². The van der Waals surface area contributed by atoms with Gasteiger partial charge in [-0.3, -0.25) is 15.1 Å². The molecule has 2 rings (SSSR count). The molecule has 0 N–H and O–H groups in total. The molecule has 0 saturated heterocycles. The monoisotopic (exact) mass is 256 g/mol. The lowest BCUT2D eigenvalue weighted by molar-refractivity contribution is -0.384. The van der Waals surface area contributed by atoms with E-state index >= 15 is 0 Å². The van der Waals surface area contributed by atoms with Gasteiger partial charge in [-0.1, -0.05) is 0 Å². The van der Waals surface area contributed by atoms with E-state index in [-0.39, 0.29) is 12.1 Å². The molecule has 18 heavy (non-hydrogen) atoms. The molecule has 4 nitrogen and oxygen atoms in total. The largest absolute Gasteiger partial charge is 0.429 e. The van der Waals surface area contributed by atoms with Crippen LogP contribution in [-0.4, -0.2) is 16.8 Å². The number of nitro benzene ring substituents is 1. The Labute approximate surface area is 99.6 Å². The molecule has 1 aliphatic rings. The highest BCUT2D eigenvalue weighted by molar-refractivity contribution is 6.01. The Morgan fingerprint density at radius 3 is 2.28 bits per heavy atom. The van der Waals surface area contributed by atoms with Crippen LogP contribution in [-0.2, 0) is 0 Å². The Hall–Kier alpha value is -2.18. The maximum Gasteiger partial charge on any atom is 0.429 e. The van der Waals surface area contributed by atoms with E-state index in [2.05, 4.69) is 4.99 Å². The van der Waals surface area contributed by atoms with Crippen molar-refractivity contribution in [3.63, 3.8) is 0 Å². The zero-order valence-corrected chi connectivity index (χ0v) is 8.94. The normalized spacial score (nSPS) is 15.3. The van der Waals surface area contributed by atoms with Crippen LogP contribution < -0.4 is 0 Å². The molecule has 1 aromatic rings. The van der Waals surface area contributed by atoms with E-state index in [1.54, 1.807) is 0 Å². The number of hydrogen-bond acceptors (Lipinski definition) is 3. The molecule has 1 heterocycles. The first-order valence-electron chi connectivity index (χ1n) is 4.95. The molecule has 0 amide bonds. The number of alkyl halides is 3. The van der Waals surface area contributed by atoms with Crippen molar-refractivity contribution in [2.24, 2.45) is 4.99 Å². The van der Waals surface area contributed by atoms with Crippen molar-refractivity contribution < 1.29 is 18.1 Å². The Balaban J connectivity index is 2.15. The highest BCUT2D eigenvalue weighted by Gasteiger charge is 2.37. The fourth-order valence-corrected chi connectivity index (χ4v) is 1.57. The first-order valence-corrected chi connectivity index (χ1v) is 4.95. The number of rotatable bonds is 2. The fraction of sp³-hybridized carbons (Fsp3) is 0.182. The van der Waals surface area contributed by atoms with Crippen molar-refractivity contribution in [2.75, 3.05) is 0 Å². The summed E-state index contributed by atoms with van der Waals surface area (Å²) in [5.41, 5.74) is -0.0500. The zero-order valence-electron chi connectivity index (χ0n) is 8.94. The Morgan fingerprint density at radius 2 is 1.83 bits per heavy atom. The average molecular weight is 256 g/mol. The molecule has 0 atom stereocenters. The molecular formula is C11H7F3N2O2. The molecule has 0 radical (unpaired) electrons. The molecule has 7 heteroatoms. The Bertz CT molecular complexity index is 544. The van der Waals surface area contributed by atoms with Crippen LogP contribution in [0.2, 0.25) is 0 Å². The van der Waals surface area contributed by atoms with E-state index in [0.717, 1.165) is 6.20 Å². The number of nitrogens with zero attached hydrogens (tertiary/aromatic N) is 2. The van der Waals surface area contributed by atoms with Crippen molar-refractivity contribution >= 4 is 17.0 Å². The summed E-state index contributed by atoms with van der Waals surface area (Å²) in [7, 11) is 0. The Kier molecular flexibility index (Phi) is 2.90. The predicted molar refractivity (Wildman–Crippen MR) is 59.2 cm³/mol. The lowest BCUT2D eigenvalue weighted by Crippen LogP contribution is -2.21. The van der Waals surface area contributed by atoms with Crippen molar-refractivity contribution in [1.82, 2.24) is 0 Å². The van der Waals surface area contributed by atoms with Gasteiger partial charge in [-0.15, -0.1) is 0 Å². The standard InChI is InChI=1S/C11H7F3N2O2/c12-11(13,14)10-5-8(6-15-10)7-1-3-9(4-2-7)16(17)18/h1-4,6H,5H2. The summed E-state index contributed by atoms with van der Waals surface area (Å²) in [5, 5.41) is 10.4. The predicted octanol–water partition coefficient (Wildman–Crippen LogP) is 3.34. The Morgan fingerprint density at radius 1 is 1.22 bits per heavy atom. The number of allylic oxidation sites excluding steroid dienone is 1. The van der Waals surface area contributed by atoms with Gasteiger partial charge in [0.2, 0.25) is 0 Å². The third-order valence-corrected chi connectivity index (χ3v) is 2.51. The molecular weight excluding hydrogens is 249 g/mol. The summed E-state index contributed by atoms with van der Waals surface area (Å²) in [6, 6.07) is 5.33. The summed E-state index contributed by atoms with van der Waals surface area (Å²) < 4.78 is 37.1. The number of non-ortho nitro benzene ring substituents is 1. The number of halogens is 3. The van der Waals surface area contributed by atoms with Crippen molar-refractivity contribution in [1.29, 1.82) is 0 Å². The first-order chi connectivity index (χ1) is 8.38. The lowest BCUT2D eigenvalue weighted by Gasteiger charge is -2.06. The molecule has 0 aliphatic carbocycles. The van der Waals surface area contributed by atoms with Crippen molar-refractivity contribution in [3.05, 3.63) is 46.1 Å². The minimum absolute atomic E-state index is 0.102. The highest BCUT2D eigenvalue weighted by Crippen LogP contribution is 2.31. The lowest BCUT2D eigenvalue weighted by atomic mass is 10.0. The average Bonchev–Trinajstić information content (AvgIpc) is 2.78. The first kappa shape index (κ1) is 12.3. The molecule has 1 aliphatic heterocycles. The second-order valence-corrected chi connectivity index (χ2v) is 3.71. The van der Waals surface area contributed by atoms with Crippen LogP contribution in [0.5, 0.6) is 0 Å². The minimum Gasteiger partial charge on any atom is -0.258 e. The van der Waals surface area contributed by atoms with Crippen molar-refractivity contribution in [2.45, 2.75) is 12.6 Å². The molecule has 0 saturated carbocycles. The van der Waals surface area contributed by atoms with Crippen LogP contribution in [0.15, 0.2) is 35.5 Å². The second-order valence-electron chi connectivity index (χ2n) is 3.71. The summed E-state index contributed by atoms with van der Waals surface area (Å²) in [4.78, 5) is 13.2. The van der Waals surface area contributed by atoms with Crippen LogP contribution in [0, 0.1) is 10.1 Å². The molecule has 0 fully saturated rings. The van der Waals surface area contributed by atoms with Gasteiger partial charge in [0, 0.05) is 24.8 Å². The molecule has 94 valence electrons. The third kappa shape index (κ3) is 2.39. The molecule has 0 spiro atoms. The van der Waals surface area contributed by atoms with E-state index in [0.29, 0.717) is 11.1 Å². The fourth-order valence-electron chi connectivity index (χ4n) is 1.57. The summed E-state index contributed by atoms with van der Waals surface area (Å²) >= 11 is 0. The SMILES string of the molecule is O=[N+]([O-])c1ccc(C2=CN=C(C(F)(F)F)C2)cc1. The van der Waals surface area contributed by atoms with E-state index in [4.69, 9.17) is 0 Å². The van der Waals surface area contributed by atoms with Gasteiger partial charge >= 0.3 is 6.18 Å². The second kappa shape index (κ2) is 4.25. The third-order valence-electron chi connectivity index (χ3n) is 2.51. The van der Waals surface area contributed by atoms with E-state index in [9.17, 15) is 23.3 Å². The molecule has 0 aromatic heterocycles. The topological polar surface area (TPSA) is 55.5 Å². The summed E-state index contributed by atoms with van der Waals surface area (Å²) in [6.07, 6.45) is -3.59. The van der Waals surface area contributed by atoms with Gasteiger partial charge in [0.05, 0.1) is 4.92 Å². The molecule has 0 unspecified atom stereocenters. The van der Waals surface area contributed by atoms with Crippen molar-refractivity contribution in [3.8, 4) is 0 Å². The molecule has 0 bridgehead atoms. The summed E-state index contributed by atoms with van der Waals surface area (Å²) in [6.45, 7) is 0. The minimum atomic E-state index is -4.43. The maximum atomic E-state index is 12.4. The van der Waals surface area contributed by atoms with Gasteiger partial charge in [0.15, 0.2) is 0 Å². The van der Waals surface area contributed by atoms with Crippen LogP contribution in [0.25, 0.3) is 5.57 Å². The van der Waals surface area contributed by atoms with Gasteiger partial charge in [-0.25, -0.2) is 0 Å². The highest BCUT2D eigenvalue weighted by atomic mass is 19.4. The number of hydrogen-bond donors (Lipinski definition) is 0. The van der Waals surface area contributed by atoms with Gasteiger partial charge in [-0.05, 0) is 23.3 Å². The number of benzene rings is 1. The summed E-state index contributed by atoms with van der Waals surface area (Å²) in [5.74, 6) is 0. The zero-order chi connectivity index (χ0) is 13.3. The van der Waals surface area contributed by atoms with Gasteiger partial charge < -0.3 is 0 Å². The quantitative estimate of drug-likeness (QED) is 0.601. The smallest absolute Gasteiger partial charge is 0.258 e. The van der Waals surface area contributed by atoms with Gasteiger partial charge in [-0.2, -0.15) is 13.2 Å². The number of aliphatic imine (C=N–C) groups is 1. The van der Waals surface area contributed by atoms with Crippen LogP contribution >= 0.6 is 0 Å². The van der Waals surface area contributed by atoms with Crippen LogP contribution in [0.3, 0.4) is 0 Å². The van der Waals surface area contributed by atoms with E-state index in [1.807, 2.05) is 0 Å². The maximum absolute atomic E-state index is 12.4. The molecule has 1 aromatic carbocycles. The van der Waals surface area contributed by atoms with E-state index < -0.39 is 16.8 Å². The van der Waals surface area contributed by atoms with Crippen LogP contribution in [0.4, 0.5) is 18.9 Å². The van der Waals surface area contributed by atoms with Gasteiger partial charge in [0.25, 0.3) is 5.69 Å².